The third-order valence-electron chi connectivity index (χ3n) is 6.52. The van der Waals surface area contributed by atoms with Crippen molar-refractivity contribution in [2.24, 2.45) is 0 Å². The number of nitrogens with zero attached hydrogens (tertiary/aromatic N) is 2. The second kappa shape index (κ2) is 7.50. The first-order valence-corrected chi connectivity index (χ1v) is 11.4. The van der Waals surface area contributed by atoms with Gasteiger partial charge in [0.15, 0.2) is 0 Å². The molecule has 0 N–H and O–H groups in total. The van der Waals surface area contributed by atoms with Gasteiger partial charge in [-0.2, -0.15) is 0 Å². The Hall–Kier alpha value is -2.74. The van der Waals surface area contributed by atoms with Crippen LogP contribution in [0.5, 0.6) is 0 Å². The Morgan fingerprint density at radius 1 is 0.767 bits per heavy atom. The fourth-order valence-electron chi connectivity index (χ4n) is 4.85. The normalized spacial score (nSPS) is 14.1. The van der Waals surface area contributed by atoms with E-state index in [0.29, 0.717) is 5.92 Å². The van der Waals surface area contributed by atoms with E-state index in [4.69, 9.17) is 9.97 Å². The van der Waals surface area contributed by atoms with E-state index < -0.39 is 0 Å². The van der Waals surface area contributed by atoms with Gasteiger partial charge in [-0.25, -0.2) is 9.97 Å². The molecule has 0 unspecified atom stereocenters. The molecule has 0 bridgehead atoms. The van der Waals surface area contributed by atoms with Gasteiger partial charge in [-0.1, -0.05) is 64.1 Å². The summed E-state index contributed by atoms with van der Waals surface area (Å²) in [5.74, 6) is 1.66. The molecule has 4 aromatic rings. The zero-order chi connectivity index (χ0) is 20.8. The van der Waals surface area contributed by atoms with Crippen molar-refractivity contribution >= 4 is 21.7 Å². The van der Waals surface area contributed by atoms with E-state index in [0.717, 1.165) is 22.4 Å². The summed E-state index contributed by atoms with van der Waals surface area (Å²) in [6.07, 6.45) is 4.99. The van der Waals surface area contributed by atoms with Crippen molar-refractivity contribution in [1.29, 1.82) is 0 Å². The zero-order valence-corrected chi connectivity index (χ0v) is 18.5. The highest BCUT2D eigenvalue weighted by atomic mass is 14.9. The largest absolute Gasteiger partial charge is 0.232 e. The number of aromatic nitrogens is 2. The van der Waals surface area contributed by atoms with Crippen molar-refractivity contribution in [2.45, 2.75) is 65.2 Å². The topological polar surface area (TPSA) is 25.8 Å². The summed E-state index contributed by atoms with van der Waals surface area (Å²) in [5, 5.41) is 3.71. The van der Waals surface area contributed by atoms with Crippen molar-refractivity contribution in [3.63, 3.8) is 0 Å². The molecule has 1 aliphatic rings. The number of rotatable bonds is 3. The first-order chi connectivity index (χ1) is 14.5. The van der Waals surface area contributed by atoms with Gasteiger partial charge in [0.05, 0.1) is 11.2 Å². The Morgan fingerprint density at radius 2 is 1.57 bits per heavy atom. The lowest BCUT2D eigenvalue weighted by Gasteiger charge is -2.18. The van der Waals surface area contributed by atoms with Crippen LogP contribution in [-0.2, 0) is 12.8 Å². The minimum Gasteiger partial charge on any atom is -0.232 e. The molecule has 30 heavy (non-hydrogen) atoms. The quantitative estimate of drug-likeness (QED) is 0.335. The van der Waals surface area contributed by atoms with Crippen LogP contribution in [0.25, 0.3) is 32.9 Å². The molecule has 0 aliphatic heterocycles. The summed E-state index contributed by atoms with van der Waals surface area (Å²) >= 11 is 0. The molecule has 2 nitrogen and oxygen atoms in total. The highest BCUT2D eigenvalue weighted by molar-refractivity contribution is 6.10. The minimum absolute atomic E-state index is 0.284. The molecule has 1 aromatic heterocycles. The molecular weight excluding hydrogens is 364 g/mol. The van der Waals surface area contributed by atoms with Gasteiger partial charge in [-0.05, 0) is 65.8 Å². The second-order valence-electron chi connectivity index (χ2n) is 9.34. The number of hydrogen-bond donors (Lipinski definition) is 0. The van der Waals surface area contributed by atoms with Crippen molar-refractivity contribution in [3.8, 4) is 11.3 Å². The van der Waals surface area contributed by atoms with E-state index >= 15 is 0 Å². The predicted molar refractivity (Wildman–Crippen MR) is 127 cm³/mol. The van der Waals surface area contributed by atoms with Gasteiger partial charge >= 0.3 is 0 Å². The molecule has 0 saturated heterocycles. The van der Waals surface area contributed by atoms with Crippen LogP contribution >= 0.6 is 0 Å². The minimum atomic E-state index is 0.284. The summed E-state index contributed by atoms with van der Waals surface area (Å²) in [6.45, 7) is 8.91. The van der Waals surface area contributed by atoms with E-state index in [2.05, 4.69) is 76.2 Å². The van der Waals surface area contributed by atoms with Crippen molar-refractivity contribution in [1.82, 2.24) is 9.97 Å². The maximum Gasteiger partial charge on any atom is 0.132 e. The van der Waals surface area contributed by atoms with Gasteiger partial charge in [-0.15, -0.1) is 0 Å². The lowest BCUT2D eigenvalue weighted by atomic mass is 9.89. The molecule has 0 spiro atoms. The molecule has 0 atom stereocenters. The molecule has 152 valence electrons. The fraction of sp³-hybridized carbons (Fsp3) is 0.357. The molecule has 1 heterocycles. The van der Waals surface area contributed by atoms with E-state index in [1.54, 1.807) is 0 Å². The predicted octanol–water partition coefficient (Wildman–Crippen LogP) is 7.58. The molecule has 3 aromatic carbocycles. The SMILES string of the molecule is CC(C)c1nc(-c2ccc3c(c2)CCCC3)c2ccc3cccc(C(C)C)c3c2n1. The van der Waals surface area contributed by atoms with Crippen LogP contribution in [0.1, 0.15) is 74.9 Å². The first kappa shape index (κ1) is 19.2. The lowest BCUT2D eigenvalue weighted by molar-refractivity contribution is 0.686. The van der Waals surface area contributed by atoms with Gasteiger partial charge in [0.25, 0.3) is 0 Å². The molecule has 0 fully saturated rings. The maximum atomic E-state index is 5.11. The molecule has 5 rings (SSSR count). The zero-order valence-electron chi connectivity index (χ0n) is 18.5. The Kier molecular flexibility index (Phi) is 4.81. The van der Waals surface area contributed by atoms with Crippen LogP contribution < -0.4 is 0 Å². The summed E-state index contributed by atoms with van der Waals surface area (Å²) < 4.78 is 0. The van der Waals surface area contributed by atoms with E-state index in [9.17, 15) is 0 Å². The Morgan fingerprint density at radius 3 is 2.33 bits per heavy atom. The van der Waals surface area contributed by atoms with Gasteiger partial charge in [0.2, 0.25) is 0 Å². The second-order valence-corrected chi connectivity index (χ2v) is 9.34. The standard InChI is InChI=1S/C28H30N2/c1-17(2)23-11-7-10-20-14-15-24-26(29-28(18(3)4)30-27(24)25(20)23)22-13-12-19-8-5-6-9-21(19)16-22/h7,10-18H,5-6,8-9H2,1-4H3. The highest BCUT2D eigenvalue weighted by Crippen LogP contribution is 2.37. The van der Waals surface area contributed by atoms with Crippen molar-refractivity contribution < 1.29 is 0 Å². The maximum absolute atomic E-state index is 5.11. The fourth-order valence-corrected chi connectivity index (χ4v) is 4.85. The Balaban J connectivity index is 1.85. The average Bonchev–Trinajstić information content (AvgIpc) is 2.77. The van der Waals surface area contributed by atoms with E-state index in [1.165, 1.54) is 58.7 Å². The van der Waals surface area contributed by atoms with Gasteiger partial charge in [-0.3, -0.25) is 0 Å². The summed E-state index contributed by atoms with van der Waals surface area (Å²) in [5.41, 5.74) is 7.79. The van der Waals surface area contributed by atoms with Crippen LogP contribution in [0.4, 0.5) is 0 Å². The number of hydrogen-bond acceptors (Lipinski definition) is 2. The van der Waals surface area contributed by atoms with Crippen LogP contribution in [0.3, 0.4) is 0 Å². The average molecular weight is 395 g/mol. The van der Waals surface area contributed by atoms with Crippen molar-refractivity contribution in [2.75, 3.05) is 0 Å². The summed E-state index contributed by atoms with van der Waals surface area (Å²) in [7, 11) is 0. The van der Waals surface area contributed by atoms with Gasteiger partial charge < -0.3 is 0 Å². The van der Waals surface area contributed by atoms with E-state index in [-0.39, 0.29) is 5.92 Å². The van der Waals surface area contributed by atoms with E-state index in [1.807, 2.05) is 0 Å². The third-order valence-corrected chi connectivity index (χ3v) is 6.52. The van der Waals surface area contributed by atoms with Gasteiger partial charge in [0, 0.05) is 22.3 Å². The number of fused-ring (bicyclic) bond motifs is 4. The molecular formula is C28H30N2. The molecule has 1 aliphatic carbocycles. The smallest absolute Gasteiger partial charge is 0.132 e. The van der Waals surface area contributed by atoms with Gasteiger partial charge in [0.1, 0.15) is 5.82 Å². The monoisotopic (exact) mass is 394 g/mol. The van der Waals surface area contributed by atoms with Crippen LogP contribution in [0.15, 0.2) is 48.5 Å². The third kappa shape index (κ3) is 3.19. The molecule has 0 saturated carbocycles. The molecule has 0 amide bonds. The van der Waals surface area contributed by atoms with Crippen LogP contribution in [0, 0.1) is 0 Å². The number of benzene rings is 3. The first-order valence-electron chi connectivity index (χ1n) is 11.4. The molecule has 2 heteroatoms. The summed E-state index contributed by atoms with van der Waals surface area (Å²) in [4.78, 5) is 10.2. The lowest BCUT2D eigenvalue weighted by Crippen LogP contribution is -2.04. The highest BCUT2D eigenvalue weighted by Gasteiger charge is 2.18. The molecule has 0 radical (unpaired) electrons. The Bertz CT molecular complexity index is 1250. The number of aryl methyl sites for hydroxylation is 2. The van der Waals surface area contributed by atoms with Crippen LogP contribution in [-0.4, -0.2) is 9.97 Å². The van der Waals surface area contributed by atoms with Crippen LogP contribution in [0.2, 0.25) is 0 Å². The summed E-state index contributed by atoms with van der Waals surface area (Å²) in [6, 6.07) is 18.1. The van der Waals surface area contributed by atoms with Crippen molar-refractivity contribution in [3.05, 3.63) is 71.0 Å². The Labute approximate surface area is 179 Å².